The van der Waals surface area contributed by atoms with Gasteiger partial charge >= 0.3 is 23.9 Å². The van der Waals surface area contributed by atoms with E-state index in [0.717, 1.165) is 0 Å². The highest BCUT2D eigenvalue weighted by Crippen LogP contribution is 2.14. The SMILES string of the molecule is CC(Cl)C(=O)OCC(OC(=O)C(C)Cl)C(COC(=O)C(C)Cl)OC(=O)C(C)Cl. The smallest absolute Gasteiger partial charge is 0.324 e. The fourth-order valence-corrected chi connectivity index (χ4v) is 1.71. The zero-order valence-electron chi connectivity index (χ0n) is 15.7. The summed E-state index contributed by atoms with van der Waals surface area (Å²) >= 11 is 22.6. The molecular weight excluding hydrogens is 462 g/mol. The third-order valence-corrected chi connectivity index (χ3v) is 3.74. The standard InChI is InChI=1S/C16H22Cl4O8/c1-7(17)13(21)25-5-11(27-15(23)9(3)19)12(28-16(24)10(4)20)6-26-14(22)8(2)18/h7-12H,5-6H2,1-4H3. The van der Waals surface area contributed by atoms with Gasteiger partial charge in [-0.2, -0.15) is 0 Å². The molecule has 0 aromatic heterocycles. The largest absolute Gasteiger partial charge is 0.460 e. The molecule has 0 heterocycles. The zero-order chi connectivity index (χ0) is 22.0. The lowest BCUT2D eigenvalue weighted by molar-refractivity contribution is -0.181. The molecule has 0 saturated carbocycles. The van der Waals surface area contributed by atoms with Gasteiger partial charge in [0.05, 0.1) is 0 Å². The topological polar surface area (TPSA) is 105 Å². The van der Waals surface area contributed by atoms with Crippen LogP contribution in [0.3, 0.4) is 0 Å². The van der Waals surface area contributed by atoms with Crippen LogP contribution in [0.1, 0.15) is 27.7 Å². The highest BCUT2D eigenvalue weighted by atomic mass is 35.5. The monoisotopic (exact) mass is 482 g/mol. The second-order valence-corrected chi connectivity index (χ2v) is 8.29. The van der Waals surface area contributed by atoms with Gasteiger partial charge < -0.3 is 18.9 Å². The van der Waals surface area contributed by atoms with Crippen LogP contribution in [-0.2, 0) is 38.1 Å². The van der Waals surface area contributed by atoms with Crippen LogP contribution in [0.4, 0.5) is 0 Å². The third kappa shape index (κ3) is 10.5. The summed E-state index contributed by atoms with van der Waals surface area (Å²) in [5, 5.41) is -4.03. The Morgan fingerprint density at radius 2 is 0.821 bits per heavy atom. The first-order valence-electron chi connectivity index (χ1n) is 8.17. The van der Waals surface area contributed by atoms with Crippen molar-refractivity contribution in [3.05, 3.63) is 0 Å². The highest BCUT2D eigenvalue weighted by molar-refractivity contribution is 6.30. The number of ether oxygens (including phenoxy) is 4. The minimum absolute atomic E-state index is 0.534. The Morgan fingerprint density at radius 3 is 1.04 bits per heavy atom. The van der Waals surface area contributed by atoms with Gasteiger partial charge in [0.1, 0.15) is 34.7 Å². The molecule has 0 saturated heterocycles. The summed E-state index contributed by atoms with van der Waals surface area (Å²) in [5.41, 5.74) is 0. The van der Waals surface area contributed by atoms with E-state index >= 15 is 0 Å². The molecule has 162 valence electrons. The summed E-state index contributed by atoms with van der Waals surface area (Å²) in [5.74, 6) is -3.36. The summed E-state index contributed by atoms with van der Waals surface area (Å²) < 4.78 is 20.2. The van der Waals surface area contributed by atoms with Gasteiger partial charge in [0.15, 0.2) is 12.2 Å². The van der Waals surface area contributed by atoms with Crippen LogP contribution in [0.2, 0.25) is 0 Å². The Bertz CT molecular complexity index is 503. The molecule has 28 heavy (non-hydrogen) atoms. The molecule has 0 fully saturated rings. The maximum absolute atomic E-state index is 11.9. The van der Waals surface area contributed by atoms with Crippen molar-refractivity contribution in [2.45, 2.75) is 61.4 Å². The predicted molar refractivity (Wildman–Crippen MR) is 103 cm³/mol. The number of hydrogen-bond donors (Lipinski definition) is 0. The fraction of sp³-hybridized carbons (Fsp3) is 0.750. The first kappa shape index (κ1) is 27.0. The quantitative estimate of drug-likeness (QED) is 0.250. The number of alkyl halides is 4. The van der Waals surface area contributed by atoms with E-state index in [9.17, 15) is 19.2 Å². The van der Waals surface area contributed by atoms with Gasteiger partial charge in [0, 0.05) is 0 Å². The summed E-state index contributed by atoms with van der Waals surface area (Å²) in [6, 6.07) is 0. The summed E-state index contributed by atoms with van der Waals surface area (Å²) in [6.45, 7) is 4.39. The molecular formula is C16H22Cl4O8. The average Bonchev–Trinajstić information content (AvgIpc) is 2.60. The maximum Gasteiger partial charge on any atom is 0.324 e. The molecule has 0 aliphatic carbocycles. The van der Waals surface area contributed by atoms with Crippen LogP contribution >= 0.6 is 46.4 Å². The Kier molecular flexibility index (Phi) is 12.8. The van der Waals surface area contributed by atoms with Gasteiger partial charge in [0.25, 0.3) is 0 Å². The normalized spacial score (nSPS) is 17.3. The van der Waals surface area contributed by atoms with Crippen LogP contribution < -0.4 is 0 Å². The molecule has 0 aliphatic rings. The molecule has 0 N–H and O–H groups in total. The van der Waals surface area contributed by atoms with E-state index in [1.807, 2.05) is 0 Å². The van der Waals surface area contributed by atoms with Crippen LogP contribution in [0.25, 0.3) is 0 Å². The van der Waals surface area contributed by atoms with Crippen LogP contribution in [0.5, 0.6) is 0 Å². The Balaban J connectivity index is 5.47. The van der Waals surface area contributed by atoms with Gasteiger partial charge in [-0.3, -0.25) is 19.2 Å². The zero-order valence-corrected chi connectivity index (χ0v) is 18.7. The number of carbonyl (C=O) groups is 4. The molecule has 0 spiro atoms. The molecule has 0 aromatic rings. The summed E-state index contributed by atoms with van der Waals surface area (Å²) in [4.78, 5) is 47.0. The van der Waals surface area contributed by atoms with E-state index in [-0.39, 0.29) is 0 Å². The maximum atomic E-state index is 11.9. The van der Waals surface area contributed by atoms with Crippen molar-refractivity contribution < 1.29 is 38.1 Å². The second-order valence-electron chi connectivity index (χ2n) is 5.67. The van der Waals surface area contributed by atoms with Crippen LogP contribution in [0, 0.1) is 0 Å². The number of rotatable bonds is 11. The van der Waals surface area contributed by atoms with E-state index < -0.39 is 70.8 Å². The molecule has 0 rings (SSSR count). The summed E-state index contributed by atoms with van der Waals surface area (Å²) in [7, 11) is 0. The Morgan fingerprint density at radius 1 is 0.571 bits per heavy atom. The molecule has 0 aromatic carbocycles. The molecule has 0 radical (unpaired) electrons. The Hall–Kier alpha value is -0.960. The Labute approximate surface area is 183 Å². The molecule has 0 bridgehead atoms. The van der Waals surface area contributed by atoms with Gasteiger partial charge in [-0.1, -0.05) is 0 Å². The van der Waals surface area contributed by atoms with Crippen molar-refractivity contribution >= 4 is 70.3 Å². The van der Waals surface area contributed by atoms with Crippen LogP contribution in [-0.4, -0.2) is 70.8 Å². The molecule has 0 amide bonds. The highest BCUT2D eigenvalue weighted by Gasteiger charge is 2.34. The molecule has 0 aliphatic heterocycles. The summed E-state index contributed by atoms with van der Waals surface area (Å²) in [6.07, 6.45) is -2.68. The van der Waals surface area contributed by atoms with Gasteiger partial charge in [0.2, 0.25) is 0 Å². The van der Waals surface area contributed by atoms with Crippen molar-refractivity contribution in [1.82, 2.24) is 0 Å². The minimum Gasteiger partial charge on any atom is -0.460 e. The first-order valence-corrected chi connectivity index (χ1v) is 9.91. The van der Waals surface area contributed by atoms with Crippen molar-refractivity contribution in [3.8, 4) is 0 Å². The minimum atomic E-state index is -1.34. The van der Waals surface area contributed by atoms with E-state index in [1.165, 1.54) is 27.7 Å². The lowest BCUT2D eigenvalue weighted by atomic mass is 10.2. The number of carbonyl (C=O) groups excluding carboxylic acids is 4. The molecule has 6 unspecified atom stereocenters. The van der Waals surface area contributed by atoms with Crippen molar-refractivity contribution in [1.29, 1.82) is 0 Å². The lowest BCUT2D eigenvalue weighted by Gasteiger charge is -2.27. The van der Waals surface area contributed by atoms with Crippen molar-refractivity contribution in [2.24, 2.45) is 0 Å². The lowest BCUT2D eigenvalue weighted by Crippen LogP contribution is -2.44. The van der Waals surface area contributed by atoms with E-state index in [0.29, 0.717) is 0 Å². The molecule has 6 atom stereocenters. The predicted octanol–water partition coefficient (Wildman–Crippen LogP) is 2.41. The first-order chi connectivity index (χ1) is 12.9. The van der Waals surface area contributed by atoms with Crippen molar-refractivity contribution in [3.63, 3.8) is 0 Å². The number of esters is 4. The van der Waals surface area contributed by atoms with Crippen LogP contribution in [0.15, 0.2) is 0 Å². The third-order valence-electron chi connectivity index (χ3n) is 3.03. The van der Waals surface area contributed by atoms with Gasteiger partial charge in [-0.15, -0.1) is 46.4 Å². The number of halogens is 4. The average molecular weight is 484 g/mol. The fourth-order valence-electron chi connectivity index (χ4n) is 1.48. The van der Waals surface area contributed by atoms with Gasteiger partial charge in [-0.05, 0) is 27.7 Å². The van der Waals surface area contributed by atoms with E-state index in [4.69, 9.17) is 65.4 Å². The molecule has 8 nitrogen and oxygen atoms in total. The van der Waals surface area contributed by atoms with Gasteiger partial charge in [-0.25, -0.2) is 0 Å². The van der Waals surface area contributed by atoms with Crippen molar-refractivity contribution in [2.75, 3.05) is 13.2 Å². The molecule has 12 heteroatoms. The van der Waals surface area contributed by atoms with E-state index in [1.54, 1.807) is 0 Å². The number of hydrogen-bond acceptors (Lipinski definition) is 8. The van der Waals surface area contributed by atoms with E-state index in [2.05, 4.69) is 0 Å². The second kappa shape index (κ2) is 13.3.